The Kier molecular flexibility index (Phi) is 3.66. The summed E-state index contributed by atoms with van der Waals surface area (Å²) in [6, 6.07) is 10.5. The van der Waals surface area contributed by atoms with E-state index in [9.17, 15) is 14.3 Å². The van der Waals surface area contributed by atoms with Gasteiger partial charge in [0, 0.05) is 17.8 Å². The number of hydrogen-bond donors (Lipinski definition) is 3. The summed E-state index contributed by atoms with van der Waals surface area (Å²) in [5.41, 5.74) is 1.15. The summed E-state index contributed by atoms with van der Waals surface area (Å²) in [5, 5.41) is 21.3. The average molecular weight is 261 g/mol. The van der Waals surface area contributed by atoms with E-state index in [4.69, 9.17) is 5.11 Å². The number of phenols is 1. The zero-order chi connectivity index (χ0) is 13.8. The Morgan fingerprint density at radius 3 is 2.68 bits per heavy atom. The molecule has 0 saturated carbocycles. The molecule has 3 N–H and O–H groups in total. The number of carbonyl (C=O) groups is 1. The SMILES string of the molecule is O=C(O)c1cccc(NCc2cccc(F)c2O)c1. The van der Waals surface area contributed by atoms with Gasteiger partial charge in [-0.25, -0.2) is 9.18 Å². The van der Waals surface area contributed by atoms with E-state index in [-0.39, 0.29) is 12.1 Å². The molecule has 0 bridgehead atoms. The third kappa shape index (κ3) is 3.01. The lowest BCUT2D eigenvalue weighted by molar-refractivity contribution is 0.0697. The van der Waals surface area contributed by atoms with Gasteiger partial charge in [-0.05, 0) is 24.3 Å². The van der Waals surface area contributed by atoms with Gasteiger partial charge in [-0.15, -0.1) is 0 Å². The van der Waals surface area contributed by atoms with Gasteiger partial charge in [0.2, 0.25) is 0 Å². The van der Waals surface area contributed by atoms with Crippen LogP contribution in [0.4, 0.5) is 10.1 Å². The van der Waals surface area contributed by atoms with E-state index < -0.39 is 17.5 Å². The van der Waals surface area contributed by atoms with Crippen LogP contribution in [0.15, 0.2) is 42.5 Å². The molecule has 0 atom stereocenters. The van der Waals surface area contributed by atoms with Crippen LogP contribution in [0.25, 0.3) is 0 Å². The van der Waals surface area contributed by atoms with Crippen molar-refractivity contribution in [3.05, 3.63) is 59.4 Å². The lowest BCUT2D eigenvalue weighted by atomic mass is 10.1. The van der Waals surface area contributed by atoms with Crippen LogP contribution in [0.3, 0.4) is 0 Å². The maximum absolute atomic E-state index is 13.1. The minimum absolute atomic E-state index is 0.161. The van der Waals surface area contributed by atoms with Gasteiger partial charge in [-0.2, -0.15) is 0 Å². The van der Waals surface area contributed by atoms with Gasteiger partial charge in [-0.3, -0.25) is 0 Å². The van der Waals surface area contributed by atoms with E-state index in [0.29, 0.717) is 11.3 Å². The number of carboxylic acid groups (broad SMARTS) is 1. The first kappa shape index (κ1) is 12.9. The number of anilines is 1. The minimum Gasteiger partial charge on any atom is -0.505 e. The van der Waals surface area contributed by atoms with E-state index in [0.717, 1.165) is 0 Å². The topological polar surface area (TPSA) is 69.6 Å². The molecule has 0 aliphatic rings. The van der Waals surface area contributed by atoms with Crippen LogP contribution in [-0.4, -0.2) is 16.2 Å². The van der Waals surface area contributed by atoms with E-state index in [1.165, 1.54) is 24.3 Å². The average Bonchev–Trinajstić information content (AvgIpc) is 2.41. The molecule has 0 unspecified atom stereocenters. The summed E-state index contributed by atoms with van der Waals surface area (Å²) in [6.07, 6.45) is 0. The zero-order valence-corrected chi connectivity index (χ0v) is 9.93. The molecule has 4 nitrogen and oxygen atoms in total. The van der Waals surface area contributed by atoms with Crippen molar-refractivity contribution in [3.8, 4) is 5.75 Å². The first-order valence-electron chi connectivity index (χ1n) is 5.61. The highest BCUT2D eigenvalue weighted by Gasteiger charge is 2.07. The molecule has 0 aliphatic carbocycles. The summed E-state index contributed by atoms with van der Waals surface area (Å²) >= 11 is 0. The number of hydrogen-bond acceptors (Lipinski definition) is 3. The second kappa shape index (κ2) is 5.39. The molecule has 0 aliphatic heterocycles. The van der Waals surface area contributed by atoms with Gasteiger partial charge in [0.25, 0.3) is 0 Å². The van der Waals surface area contributed by atoms with Crippen LogP contribution in [0.2, 0.25) is 0 Å². The zero-order valence-electron chi connectivity index (χ0n) is 9.93. The highest BCUT2D eigenvalue weighted by atomic mass is 19.1. The summed E-state index contributed by atoms with van der Waals surface area (Å²) in [4.78, 5) is 10.8. The molecule has 19 heavy (non-hydrogen) atoms. The number of para-hydroxylation sites is 1. The third-order valence-electron chi connectivity index (χ3n) is 2.66. The molecule has 98 valence electrons. The van der Waals surface area contributed by atoms with Crippen LogP contribution < -0.4 is 5.32 Å². The van der Waals surface area contributed by atoms with E-state index in [2.05, 4.69) is 5.32 Å². The number of aromatic hydroxyl groups is 1. The second-order valence-electron chi connectivity index (χ2n) is 3.99. The monoisotopic (exact) mass is 261 g/mol. The highest BCUT2D eigenvalue weighted by molar-refractivity contribution is 5.88. The maximum Gasteiger partial charge on any atom is 0.335 e. The van der Waals surface area contributed by atoms with Crippen molar-refractivity contribution < 1.29 is 19.4 Å². The molecular formula is C14H12FNO3. The number of benzene rings is 2. The number of nitrogens with one attached hydrogen (secondary N) is 1. The highest BCUT2D eigenvalue weighted by Crippen LogP contribution is 2.22. The van der Waals surface area contributed by atoms with Crippen molar-refractivity contribution in [3.63, 3.8) is 0 Å². The Balaban J connectivity index is 2.12. The molecule has 2 aromatic rings. The Bertz CT molecular complexity index is 613. The van der Waals surface area contributed by atoms with Crippen LogP contribution in [0.1, 0.15) is 15.9 Å². The molecule has 0 radical (unpaired) electrons. The Labute approximate surface area is 109 Å². The number of aromatic carboxylic acids is 1. The Morgan fingerprint density at radius 1 is 1.21 bits per heavy atom. The maximum atomic E-state index is 13.1. The lowest BCUT2D eigenvalue weighted by Gasteiger charge is -2.09. The molecule has 5 heteroatoms. The third-order valence-corrected chi connectivity index (χ3v) is 2.66. The quantitative estimate of drug-likeness (QED) is 0.791. The smallest absolute Gasteiger partial charge is 0.335 e. The Hall–Kier alpha value is -2.56. The normalized spacial score (nSPS) is 10.2. The van der Waals surface area contributed by atoms with Crippen molar-refractivity contribution in [2.45, 2.75) is 6.54 Å². The van der Waals surface area contributed by atoms with Crippen molar-refractivity contribution in [1.82, 2.24) is 0 Å². The molecule has 2 aromatic carbocycles. The van der Waals surface area contributed by atoms with Crippen LogP contribution in [-0.2, 0) is 6.54 Å². The number of rotatable bonds is 4. The van der Waals surface area contributed by atoms with Crippen LogP contribution in [0.5, 0.6) is 5.75 Å². The van der Waals surface area contributed by atoms with Crippen molar-refractivity contribution in [2.24, 2.45) is 0 Å². The molecular weight excluding hydrogens is 249 g/mol. The Morgan fingerprint density at radius 2 is 1.95 bits per heavy atom. The van der Waals surface area contributed by atoms with Crippen molar-refractivity contribution in [1.29, 1.82) is 0 Å². The van der Waals surface area contributed by atoms with E-state index in [1.54, 1.807) is 18.2 Å². The summed E-state index contributed by atoms with van der Waals surface area (Å²) in [6.45, 7) is 0.201. The van der Waals surface area contributed by atoms with Crippen molar-refractivity contribution in [2.75, 3.05) is 5.32 Å². The van der Waals surface area contributed by atoms with Gasteiger partial charge in [0.1, 0.15) is 0 Å². The fraction of sp³-hybridized carbons (Fsp3) is 0.0714. The number of carboxylic acids is 1. The molecule has 0 amide bonds. The molecule has 0 aromatic heterocycles. The number of halogens is 1. The largest absolute Gasteiger partial charge is 0.505 e. The predicted octanol–water partition coefficient (Wildman–Crippen LogP) is 2.84. The van der Waals surface area contributed by atoms with Crippen LogP contribution >= 0.6 is 0 Å². The second-order valence-corrected chi connectivity index (χ2v) is 3.99. The molecule has 0 heterocycles. The lowest BCUT2D eigenvalue weighted by Crippen LogP contribution is -2.02. The summed E-state index contributed by atoms with van der Waals surface area (Å²) in [7, 11) is 0. The van der Waals surface area contributed by atoms with Gasteiger partial charge in [-0.1, -0.05) is 18.2 Å². The molecule has 2 rings (SSSR count). The van der Waals surface area contributed by atoms with Crippen molar-refractivity contribution >= 4 is 11.7 Å². The fourth-order valence-electron chi connectivity index (χ4n) is 1.66. The minimum atomic E-state index is -1.02. The molecule has 0 saturated heterocycles. The first-order chi connectivity index (χ1) is 9.08. The summed E-state index contributed by atoms with van der Waals surface area (Å²) in [5.74, 6) is -2.10. The predicted molar refractivity (Wildman–Crippen MR) is 68.8 cm³/mol. The van der Waals surface area contributed by atoms with Gasteiger partial charge >= 0.3 is 5.97 Å². The van der Waals surface area contributed by atoms with Crippen LogP contribution in [0, 0.1) is 5.82 Å². The van der Waals surface area contributed by atoms with Gasteiger partial charge in [0.15, 0.2) is 11.6 Å². The molecule has 0 spiro atoms. The summed E-state index contributed by atoms with van der Waals surface area (Å²) < 4.78 is 13.1. The van der Waals surface area contributed by atoms with Gasteiger partial charge in [0.05, 0.1) is 5.56 Å². The van der Waals surface area contributed by atoms with E-state index >= 15 is 0 Å². The first-order valence-corrected chi connectivity index (χ1v) is 5.61. The standard InChI is InChI=1S/C14H12FNO3/c15-12-6-2-4-10(13(12)17)8-16-11-5-1-3-9(7-11)14(18)19/h1-7,16-17H,8H2,(H,18,19). The molecule has 0 fully saturated rings. The number of phenolic OH excluding ortho intramolecular Hbond substituents is 1. The fourth-order valence-corrected chi connectivity index (χ4v) is 1.66. The van der Waals surface area contributed by atoms with E-state index in [1.807, 2.05) is 0 Å². The van der Waals surface area contributed by atoms with Gasteiger partial charge < -0.3 is 15.5 Å².